The molecule has 0 atom stereocenters. The van der Waals surface area contributed by atoms with Crippen LogP contribution < -0.4 is 5.32 Å². The van der Waals surface area contributed by atoms with Gasteiger partial charge >= 0.3 is 0 Å². The quantitative estimate of drug-likeness (QED) is 0.535. The summed E-state index contributed by atoms with van der Waals surface area (Å²) < 4.78 is 0. The molecule has 1 amide bonds. The zero-order valence-corrected chi connectivity index (χ0v) is 11.8. The molecular formula is C15H28N2O. The van der Waals surface area contributed by atoms with E-state index in [1.54, 1.807) is 0 Å². The minimum Gasteiger partial charge on any atom is -0.356 e. The number of amides is 1. The van der Waals surface area contributed by atoms with Gasteiger partial charge in [-0.25, -0.2) is 0 Å². The second kappa shape index (κ2) is 14.0. The molecule has 0 rings (SSSR count). The van der Waals surface area contributed by atoms with Gasteiger partial charge in [-0.15, -0.1) is 0 Å². The van der Waals surface area contributed by atoms with Gasteiger partial charge in [0.05, 0.1) is 6.07 Å². The summed E-state index contributed by atoms with van der Waals surface area (Å²) in [5.74, 6) is 0.167. The van der Waals surface area contributed by atoms with Crippen molar-refractivity contribution in [2.75, 3.05) is 6.54 Å². The molecule has 0 aliphatic rings. The van der Waals surface area contributed by atoms with E-state index >= 15 is 0 Å². The van der Waals surface area contributed by atoms with E-state index in [-0.39, 0.29) is 5.91 Å². The lowest BCUT2D eigenvalue weighted by molar-refractivity contribution is -0.121. The van der Waals surface area contributed by atoms with Crippen LogP contribution in [0.5, 0.6) is 0 Å². The van der Waals surface area contributed by atoms with E-state index in [9.17, 15) is 4.79 Å². The molecule has 104 valence electrons. The van der Waals surface area contributed by atoms with E-state index in [0.29, 0.717) is 12.8 Å². The van der Waals surface area contributed by atoms with Crippen molar-refractivity contribution < 1.29 is 4.79 Å². The maximum absolute atomic E-state index is 11.4. The van der Waals surface area contributed by atoms with Crippen LogP contribution in [0.25, 0.3) is 0 Å². The zero-order valence-electron chi connectivity index (χ0n) is 11.8. The SMILES string of the molecule is CCCCCCCCCC(=O)NCCCCC#N. The molecule has 18 heavy (non-hydrogen) atoms. The molecule has 0 radical (unpaired) electrons. The van der Waals surface area contributed by atoms with Crippen molar-refractivity contribution in [1.82, 2.24) is 5.32 Å². The number of nitriles is 1. The zero-order chi connectivity index (χ0) is 13.5. The van der Waals surface area contributed by atoms with Gasteiger partial charge in [-0.05, 0) is 19.3 Å². The van der Waals surface area contributed by atoms with E-state index < -0.39 is 0 Å². The highest BCUT2D eigenvalue weighted by molar-refractivity contribution is 5.75. The van der Waals surface area contributed by atoms with Crippen molar-refractivity contribution in [3.8, 4) is 6.07 Å². The predicted octanol–water partition coefficient (Wildman–Crippen LogP) is 3.94. The van der Waals surface area contributed by atoms with E-state index in [2.05, 4.69) is 18.3 Å². The maximum atomic E-state index is 11.4. The number of hydrogen-bond donors (Lipinski definition) is 1. The van der Waals surface area contributed by atoms with Crippen LogP contribution in [0, 0.1) is 11.3 Å². The van der Waals surface area contributed by atoms with Crippen molar-refractivity contribution in [2.45, 2.75) is 77.6 Å². The molecule has 0 aromatic heterocycles. The number of nitrogens with one attached hydrogen (secondary N) is 1. The Bertz CT molecular complexity index is 233. The van der Waals surface area contributed by atoms with E-state index in [1.165, 1.54) is 38.5 Å². The number of carbonyl (C=O) groups excluding carboxylic acids is 1. The summed E-state index contributed by atoms with van der Waals surface area (Å²) in [4.78, 5) is 11.4. The molecule has 0 bridgehead atoms. The summed E-state index contributed by atoms with van der Waals surface area (Å²) in [6, 6.07) is 2.11. The normalized spacial score (nSPS) is 10.0. The number of unbranched alkanes of at least 4 members (excludes halogenated alkanes) is 8. The van der Waals surface area contributed by atoms with Crippen LogP contribution >= 0.6 is 0 Å². The third-order valence-corrected chi connectivity index (χ3v) is 3.04. The van der Waals surface area contributed by atoms with Crippen LogP contribution in [0.3, 0.4) is 0 Å². The number of hydrogen-bond acceptors (Lipinski definition) is 2. The van der Waals surface area contributed by atoms with Gasteiger partial charge in [0.15, 0.2) is 0 Å². The number of nitrogens with zero attached hydrogens (tertiary/aromatic N) is 1. The second-order valence-electron chi connectivity index (χ2n) is 4.84. The summed E-state index contributed by atoms with van der Waals surface area (Å²) >= 11 is 0. The fourth-order valence-corrected chi connectivity index (χ4v) is 1.89. The topological polar surface area (TPSA) is 52.9 Å². The Kier molecular flexibility index (Phi) is 13.2. The third-order valence-electron chi connectivity index (χ3n) is 3.04. The monoisotopic (exact) mass is 252 g/mol. The van der Waals surface area contributed by atoms with Gasteiger partial charge in [0.1, 0.15) is 0 Å². The fourth-order valence-electron chi connectivity index (χ4n) is 1.89. The van der Waals surface area contributed by atoms with Crippen molar-refractivity contribution in [3.63, 3.8) is 0 Å². The van der Waals surface area contributed by atoms with Gasteiger partial charge < -0.3 is 5.32 Å². The van der Waals surface area contributed by atoms with Gasteiger partial charge in [-0.3, -0.25) is 4.79 Å². The van der Waals surface area contributed by atoms with Crippen molar-refractivity contribution in [3.05, 3.63) is 0 Å². The lowest BCUT2D eigenvalue weighted by Gasteiger charge is -2.04. The Hall–Kier alpha value is -1.04. The fraction of sp³-hybridized carbons (Fsp3) is 0.867. The van der Waals surface area contributed by atoms with Crippen LogP contribution in [-0.4, -0.2) is 12.5 Å². The maximum Gasteiger partial charge on any atom is 0.219 e. The summed E-state index contributed by atoms with van der Waals surface area (Å²) in [5, 5.41) is 11.3. The lowest BCUT2D eigenvalue weighted by atomic mass is 10.1. The molecule has 3 nitrogen and oxygen atoms in total. The van der Waals surface area contributed by atoms with Crippen LogP contribution in [0.15, 0.2) is 0 Å². The third kappa shape index (κ3) is 13.0. The first-order chi connectivity index (χ1) is 8.81. The standard InChI is InChI=1S/C15H28N2O/c1-2-3-4-5-6-7-9-12-15(18)17-14-11-8-10-13-16/h2-12,14H2,1H3,(H,17,18). The molecule has 0 aromatic carbocycles. The molecule has 0 aliphatic heterocycles. The predicted molar refractivity (Wildman–Crippen MR) is 75.1 cm³/mol. The molecule has 3 heteroatoms. The van der Waals surface area contributed by atoms with Gasteiger partial charge in [0, 0.05) is 19.4 Å². The van der Waals surface area contributed by atoms with E-state index in [4.69, 9.17) is 5.26 Å². The van der Waals surface area contributed by atoms with Gasteiger partial charge in [0.2, 0.25) is 5.91 Å². The highest BCUT2D eigenvalue weighted by Gasteiger charge is 2.00. The summed E-state index contributed by atoms with van der Waals surface area (Å²) in [5.41, 5.74) is 0. The molecular weight excluding hydrogens is 224 g/mol. The Morgan fingerprint density at radius 1 is 1.00 bits per heavy atom. The Morgan fingerprint density at radius 2 is 1.67 bits per heavy atom. The number of rotatable bonds is 12. The van der Waals surface area contributed by atoms with Crippen molar-refractivity contribution in [2.24, 2.45) is 0 Å². The van der Waals surface area contributed by atoms with Gasteiger partial charge in [0.25, 0.3) is 0 Å². The van der Waals surface area contributed by atoms with Crippen LogP contribution in [0.4, 0.5) is 0 Å². The molecule has 0 unspecified atom stereocenters. The Labute approximate surface area is 112 Å². The van der Waals surface area contributed by atoms with Crippen molar-refractivity contribution >= 4 is 5.91 Å². The Balaban J connectivity index is 3.15. The summed E-state index contributed by atoms with van der Waals surface area (Å²) in [6.07, 6.45) is 11.8. The molecule has 0 fully saturated rings. The van der Waals surface area contributed by atoms with Crippen LogP contribution in [0.2, 0.25) is 0 Å². The average Bonchev–Trinajstić information content (AvgIpc) is 2.37. The van der Waals surface area contributed by atoms with Crippen molar-refractivity contribution in [1.29, 1.82) is 5.26 Å². The van der Waals surface area contributed by atoms with E-state index in [0.717, 1.165) is 25.8 Å². The second-order valence-corrected chi connectivity index (χ2v) is 4.84. The number of carbonyl (C=O) groups is 1. The first kappa shape index (κ1) is 17.0. The van der Waals surface area contributed by atoms with Gasteiger partial charge in [-0.1, -0.05) is 45.4 Å². The first-order valence-electron chi connectivity index (χ1n) is 7.45. The molecule has 0 aliphatic carbocycles. The average molecular weight is 252 g/mol. The molecule has 1 N–H and O–H groups in total. The highest BCUT2D eigenvalue weighted by Crippen LogP contribution is 2.08. The minimum absolute atomic E-state index is 0.167. The summed E-state index contributed by atoms with van der Waals surface area (Å²) in [7, 11) is 0. The van der Waals surface area contributed by atoms with Gasteiger partial charge in [-0.2, -0.15) is 5.26 Å². The minimum atomic E-state index is 0.167. The largest absolute Gasteiger partial charge is 0.356 e. The first-order valence-corrected chi connectivity index (χ1v) is 7.45. The molecule has 0 aromatic rings. The Morgan fingerprint density at radius 3 is 2.33 bits per heavy atom. The molecule has 0 saturated heterocycles. The van der Waals surface area contributed by atoms with E-state index in [1.807, 2.05) is 0 Å². The summed E-state index contributed by atoms with van der Waals surface area (Å²) in [6.45, 7) is 2.94. The lowest BCUT2D eigenvalue weighted by Crippen LogP contribution is -2.23. The molecule has 0 heterocycles. The van der Waals surface area contributed by atoms with Crippen LogP contribution in [0.1, 0.15) is 77.6 Å². The van der Waals surface area contributed by atoms with Crippen LogP contribution in [-0.2, 0) is 4.79 Å². The smallest absolute Gasteiger partial charge is 0.219 e. The highest BCUT2D eigenvalue weighted by atomic mass is 16.1. The molecule has 0 spiro atoms. The molecule has 0 saturated carbocycles.